The Bertz CT molecular complexity index is 1660. The van der Waals surface area contributed by atoms with Crippen molar-refractivity contribution in [1.82, 2.24) is 20.4 Å². The number of hydrogen-bond donors (Lipinski definition) is 4. The molecule has 0 radical (unpaired) electrons. The molecule has 58 heavy (non-hydrogen) atoms. The second kappa shape index (κ2) is 23.8. The summed E-state index contributed by atoms with van der Waals surface area (Å²) in [6.07, 6.45) is 15.0. The number of terminal acetylenes is 1. The number of hydrogen-bond acceptors (Lipinski definition) is 8. The lowest BCUT2D eigenvalue weighted by Crippen LogP contribution is -2.56. The Morgan fingerprint density at radius 1 is 0.948 bits per heavy atom. The number of nitrogens with zero attached hydrogens (tertiary/aromatic N) is 2. The van der Waals surface area contributed by atoms with E-state index in [0.717, 1.165) is 43.2 Å². The van der Waals surface area contributed by atoms with Gasteiger partial charge in [-0.3, -0.25) is 24.1 Å². The summed E-state index contributed by atoms with van der Waals surface area (Å²) in [5.74, 6) is 0.514. The monoisotopic (exact) mass is 798 g/mol. The van der Waals surface area contributed by atoms with Crippen LogP contribution in [-0.4, -0.2) is 107 Å². The minimum atomic E-state index is -1.19. The molecule has 0 saturated heterocycles. The number of aliphatic hydroxyl groups is 2. The average Bonchev–Trinajstić information content (AvgIpc) is 3.22. The van der Waals surface area contributed by atoms with Gasteiger partial charge in [0.25, 0.3) is 0 Å². The van der Waals surface area contributed by atoms with Crippen LogP contribution in [0.25, 0.3) is 0 Å². The van der Waals surface area contributed by atoms with E-state index in [1.54, 1.807) is 11.9 Å². The first-order valence-corrected chi connectivity index (χ1v) is 21.1. The average molecular weight is 799 g/mol. The molecule has 4 N–H and O–H groups in total. The lowest BCUT2D eigenvalue weighted by atomic mass is 9.82. The van der Waals surface area contributed by atoms with Crippen molar-refractivity contribution in [2.75, 3.05) is 27.2 Å². The SMILES string of the molecule is C#CC[C@H](NC(=O)[C@@H](CC(=O)N(C)CCN1C(Cc2ccccc2)C=CCC1C(=O)OC)Cc1ccccc1)C(=O)N[C@@H](CC1CCCCC1)[C@@H](O)[C@@H](O)CC(C)C. The minimum absolute atomic E-state index is 0.0820. The Kier molecular flexibility index (Phi) is 18.9. The second-order valence-electron chi connectivity index (χ2n) is 16.6. The molecule has 1 fully saturated rings. The molecule has 11 nitrogen and oxygen atoms in total. The van der Waals surface area contributed by atoms with E-state index in [4.69, 9.17) is 11.2 Å². The van der Waals surface area contributed by atoms with Gasteiger partial charge >= 0.3 is 5.97 Å². The highest BCUT2D eigenvalue weighted by molar-refractivity contribution is 5.91. The van der Waals surface area contributed by atoms with Gasteiger partial charge in [-0.2, -0.15) is 0 Å². The number of benzene rings is 2. The van der Waals surface area contributed by atoms with Gasteiger partial charge in [0.1, 0.15) is 18.2 Å². The molecule has 0 spiro atoms. The number of methoxy groups -OCH3 is 1. The third-order valence-corrected chi connectivity index (χ3v) is 11.7. The van der Waals surface area contributed by atoms with Crippen LogP contribution in [-0.2, 0) is 36.8 Å². The summed E-state index contributed by atoms with van der Waals surface area (Å²) in [5.41, 5.74) is 1.99. The number of rotatable bonds is 21. The van der Waals surface area contributed by atoms with Crippen LogP contribution >= 0.6 is 0 Å². The van der Waals surface area contributed by atoms with Crippen LogP contribution in [0.5, 0.6) is 0 Å². The van der Waals surface area contributed by atoms with Crippen molar-refractivity contribution >= 4 is 23.7 Å². The van der Waals surface area contributed by atoms with Gasteiger partial charge in [-0.15, -0.1) is 12.3 Å². The van der Waals surface area contributed by atoms with Gasteiger partial charge in [0.2, 0.25) is 17.7 Å². The number of carbonyl (C=O) groups is 4. The third kappa shape index (κ3) is 14.4. The lowest BCUT2D eigenvalue weighted by Gasteiger charge is -2.38. The van der Waals surface area contributed by atoms with Crippen molar-refractivity contribution in [1.29, 1.82) is 0 Å². The maximum atomic E-state index is 14.1. The molecule has 0 bridgehead atoms. The minimum Gasteiger partial charge on any atom is -0.468 e. The molecule has 2 unspecified atom stereocenters. The smallest absolute Gasteiger partial charge is 0.323 e. The fraction of sp³-hybridized carbons (Fsp3) is 0.574. The van der Waals surface area contributed by atoms with Crippen molar-refractivity contribution in [2.24, 2.45) is 17.8 Å². The van der Waals surface area contributed by atoms with Crippen LogP contribution in [0.2, 0.25) is 0 Å². The molecule has 7 atom stereocenters. The molecule has 316 valence electrons. The molecule has 2 aliphatic rings. The molecule has 1 aliphatic carbocycles. The van der Waals surface area contributed by atoms with Crippen LogP contribution in [0.4, 0.5) is 0 Å². The highest BCUT2D eigenvalue weighted by Gasteiger charge is 2.36. The number of esters is 1. The topological polar surface area (TPSA) is 149 Å². The Morgan fingerprint density at radius 3 is 2.22 bits per heavy atom. The predicted molar refractivity (Wildman–Crippen MR) is 226 cm³/mol. The van der Waals surface area contributed by atoms with Crippen molar-refractivity contribution in [2.45, 2.75) is 127 Å². The molecule has 1 saturated carbocycles. The molecule has 0 aromatic heterocycles. The van der Waals surface area contributed by atoms with Crippen molar-refractivity contribution in [3.8, 4) is 12.3 Å². The zero-order chi connectivity index (χ0) is 42.0. The Balaban J connectivity index is 1.47. The fourth-order valence-electron chi connectivity index (χ4n) is 8.34. The van der Waals surface area contributed by atoms with E-state index >= 15 is 0 Å². The van der Waals surface area contributed by atoms with Gasteiger partial charge in [0, 0.05) is 39.0 Å². The maximum Gasteiger partial charge on any atom is 0.323 e. The van der Waals surface area contributed by atoms with Gasteiger partial charge in [0.05, 0.1) is 25.2 Å². The Labute approximate surface area is 346 Å². The van der Waals surface area contributed by atoms with Gasteiger partial charge < -0.3 is 30.5 Å². The quantitative estimate of drug-likeness (QED) is 0.0798. The van der Waals surface area contributed by atoms with Crippen molar-refractivity contribution < 1.29 is 34.1 Å². The Morgan fingerprint density at radius 2 is 1.60 bits per heavy atom. The first-order valence-electron chi connectivity index (χ1n) is 21.1. The van der Waals surface area contributed by atoms with Gasteiger partial charge in [-0.1, -0.05) is 119 Å². The molecule has 1 aliphatic heterocycles. The Hall–Kier alpha value is -4.50. The van der Waals surface area contributed by atoms with E-state index in [2.05, 4.69) is 39.7 Å². The first-order chi connectivity index (χ1) is 27.9. The standard InChI is InChI=1S/C47H66N4O7/c1-6-17-39(46(56)49-40(31-36-22-14-9-15-23-36)44(54)42(52)28-33(2)3)48-45(55)37(29-34-18-10-7-11-19-34)32-43(53)50(4)26-27-51-38(30-35-20-12-8-13-21-35)24-16-25-41(51)47(57)58-5/h1,7-8,10-13,16,18-21,24,33,36-42,44,52,54H,9,14-15,17,22-23,25-32H2,2-5H3,(H,48,55)(H,49,56)/t37-,38?,39+,40+,41?,42+,44-/m1/s1. The first kappa shape index (κ1) is 46.2. The number of carbonyl (C=O) groups excluding carboxylic acids is 4. The lowest BCUT2D eigenvalue weighted by molar-refractivity contribution is -0.148. The molecular formula is C47H66N4O7. The third-order valence-electron chi connectivity index (χ3n) is 11.7. The second-order valence-corrected chi connectivity index (χ2v) is 16.6. The number of nitrogens with one attached hydrogen (secondary N) is 2. The van der Waals surface area contributed by atoms with Crippen LogP contribution in [0.1, 0.15) is 89.2 Å². The molecule has 4 rings (SSSR count). The zero-order valence-corrected chi connectivity index (χ0v) is 34.9. The summed E-state index contributed by atoms with van der Waals surface area (Å²) in [6.45, 7) is 4.64. The molecular weight excluding hydrogens is 733 g/mol. The summed E-state index contributed by atoms with van der Waals surface area (Å²) < 4.78 is 5.16. The van der Waals surface area contributed by atoms with Gasteiger partial charge in [0.15, 0.2) is 0 Å². The normalized spacial score (nSPS) is 19.9. The number of ether oxygens (including phenoxy) is 1. The molecule has 2 aromatic carbocycles. The van der Waals surface area contributed by atoms with Crippen LogP contribution in [0.3, 0.4) is 0 Å². The van der Waals surface area contributed by atoms with Crippen LogP contribution < -0.4 is 10.6 Å². The van der Waals surface area contributed by atoms with E-state index in [9.17, 15) is 29.4 Å². The summed E-state index contributed by atoms with van der Waals surface area (Å²) >= 11 is 0. The van der Waals surface area contributed by atoms with Crippen molar-refractivity contribution in [3.05, 3.63) is 83.9 Å². The van der Waals surface area contributed by atoms with Gasteiger partial charge in [-0.05, 0) is 55.1 Å². The van der Waals surface area contributed by atoms with Crippen LogP contribution in [0, 0.1) is 30.1 Å². The summed E-state index contributed by atoms with van der Waals surface area (Å²) in [5, 5.41) is 28.0. The molecule has 1 heterocycles. The van der Waals surface area contributed by atoms with E-state index in [1.807, 2.05) is 68.5 Å². The maximum absolute atomic E-state index is 14.1. The zero-order valence-electron chi connectivity index (χ0n) is 34.9. The van der Waals surface area contributed by atoms with E-state index in [0.29, 0.717) is 44.7 Å². The molecule has 2 aromatic rings. The molecule has 3 amide bonds. The summed E-state index contributed by atoms with van der Waals surface area (Å²) in [4.78, 5) is 58.6. The van der Waals surface area contributed by atoms with Crippen LogP contribution in [0.15, 0.2) is 72.8 Å². The number of likely N-dealkylation sites (N-methyl/N-ethyl adjacent to an activating group) is 1. The fourth-order valence-corrected chi connectivity index (χ4v) is 8.34. The summed E-state index contributed by atoms with van der Waals surface area (Å²) in [7, 11) is 3.08. The highest BCUT2D eigenvalue weighted by atomic mass is 16.5. The van der Waals surface area contributed by atoms with E-state index < -0.39 is 48.1 Å². The highest BCUT2D eigenvalue weighted by Crippen LogP contribution is 2.29. The largest absolute Gasteiger partial charge is 0.468 e. The van der Waals surface area contributed by atoms with E-state index in [1.165, 1.54) is 7.11 Å². The van der Waals surface area contributed by atoms with Gasteiger partial charge in [-0.25, -0.2) is 0 Å². The number of amides is 3. The predicted octanol–water partition coefficient (Wildman–Crippen LogP) is 4.84. The number of aliphatic hydroxyl groups excluding tert-OH is 2. The van der Waals surface area contributed by atoms with Crippen molar-refractivity contribution in [3.63, 3.8) is 0 Å². The van der Waals surface area contributed by atoms with E-state index in [-0.39, 0.29) is 43.1 Å². The molecule has 11 heteroatoms. The summed E-state index contributed by atoms with van der Waals surface area (Å²) in [6, 6.07) is 17.0.